The summed E-state index contributed by atoms with van der Waals surface area (Å²) in [7, 11) is 0. The number of benzene rings is 2. The van der Waals surface area contributed by atoms with E-state index in [-0.39, 0.29) is 28.8 Å². The van der Waals surface area contributed by atoms with Gasteiger partial charge in [0.05, 0.1) is 23.3 Å². The Hall–Kier alpha value is -4.34. The Morgan fingerprint density at radius 3 is 2.00 bits per heavy atom. The lowest BCUT2D eigenvalue weighted by Crippen LogP contribution is -2.35. The Morgan fingerprint density at radius 1 is 0.878 bits per heavy atom. The van der Waals surface area contributed by atoms with E-state index < -0.39 is 34.6 Å². The number of aromatic nitrogens is 2. The van der Waals surface area contributed by atoms with E-state index in [1.807, 2.05) is 27.7 Å². The quantitative estimate of drug-likeness (QED) is 0.165. The molecule has 0 atom stereocenters. The van der Waals surface area contributed by atoms with Crippen LogP contribution in [0.25, 0.3) is 27.7 Å². The number of aliphatic carboxylic acids is 1. The first-order chi connectivity index (χ1) is 19.1. The number of carbonyl (C=O) groups excluding carboxylic acids is 1. The van der Waals surface area contributed by atoms with Crippen LogP contribution in [0.5, 0.6) is 11.6 Å². The lowest BCUT2D eigenvalue weighted by molar-refractivity contribution is -0.144. The maximum absolute atomic E-state index is 14.8. The van der Waals surface area contributed by atoms with Gasteiger partial charge in [0.25, 0.3) is 0 Å². The molecular weight excluding hydrogens is 537 g/mol. The number of ether oxygens (including phenoxy) is 2. The number of hydrogen-bond donors (Lipinski definition) is 1. The third-order valence-corrected chi connectivity index (χ3v) is 6.46. The predicted octanol–water partition coefficient (Wildman–Crippen LogP) is 7.58. The van der Waals surface area contributed by atoms with Crippen LogP contribution < -0.4 is 9.47 Å². The Balaban J connectivity index is 2.01. The number of hydrogen-bond acceptors (Lipinski definition) is 5. The van der Waals surface area contributed by atoms with Crippen molar-refractivity contribution < 1.29 is 37.3 Å². The standard InChI is InChI=1S/C31H31F3N2O5/c1-17(2)40-22-11-9-21(10-12-22)36-24-13-7-19(20-8-14-25(35-16-20)41-18(3)4)15-23(24)26(31(32,33)34)27(36)28(37)30(5,6)29(38)39/h7-18H,1-6H3,(H,38,39). The van der Waals surface area contributed by atoms with Gasteiger partial charge in [0.15, 0.2) is 5.78 Å². The molecule has 0 saturated carbocycles. The minimum absolute atomic E-state index is 0.0934. The Labute approximate surface area is 235 Å². The smallest absolute Gasteiger partial charge is 0.419 e. The van der Waals surface area contributed by atoms with E-state index in [9.17, 15) is 27.9 Å². The number of rotatable bonds is 9. The van der Waals surface area contributed by atoms with Crippen molar-refractivity contribution in [3.05, 3.63) is 72.1 Å². The van der Waals surface area contributed by atoms with Crippen LogP contribution in [-0.4, -0.2) is 38.6 Å². The molecule has 2 heterocycles. The number of halogens is 3. The molecular formula is C31H31F3N2O5. The van der Waals surface area contributed by atoms with Gasteiger partial charge in [0, 0.05) is 28.9 Å². The molecule has 0 saturated heterocycles. The molecule has 0 aliphatic rings. The minimum Gasteiger partial charge on any atom is -0.491 e. The molecule has 0 bridgehead atoms. The summed E-state index contributed by atoms with van der Waals surface area (Å²) in [4.78, 5) is 29.9. The number of Topliss-reactive ketones (excluding diaryl/α,β-unsaturated/α-hetero) is 1. The first-order valence-corrected chi connectivity index (χ1v) is 13.0. The monoisotopic (exact) mass is 568 g/mol. The van der Waals surface area contributed by atoms with Gasteiger partial charge >= 0.3 is 12.1 Å². The summed E-state index contributed by atoms with van der Waals surface area (Å²) >= 11 is 0. The molecule has 0 spiro atoms. The number of fused-ring (bicyclic) bond motifs is 1. The van der Waals surface area contributed by atoms with Gasteiger partial charge in [-0.1, -0.05) is 6.07 Å². The number of pyridine rings is 1. The number of carbonyl (C=O) groups is 2. The highest BCUT2D eigenvalue weighted by Gasteiger charge is 2.46. The summed E-state index contributed by atoms with van der Waals surface area (Å²) in [5.41, 5.74) is -2.78. The van der Waals surface area contributed by atoms with Crippen molar-refractivity contribution in [2.45, 2.75) is 59.9 Å². The Kier molecular flexibility index (Phi) is 7.89. The molecule has 216 valence electrons. The molecule has 0 radical (unpaired) electrons. The number of nitrogens with zero attached hydrogens (tertiary/aromatic N) is 2. The van der Waals surface area contributed by atoms with Crippen molar-refractivity contribution in [3.63, 3.8) is 0 Å². The van der Waals surface area contributed by atoms with E-state index >= 15 is 0 Å². The van der Waals surface area contributed by atoms with E-state index in [1.54, 1.807) is 30.3 Å². The summed E-state index contributed by atoms with van der Waals surface area (Å²) in [6.45, 7) is 9.57. The van der Waals surface area contributed by atoms with Gasteiger partial charge in [-0.2, -0.15) is 13.2 Å². The fourth-order valence-electron chi connectivity index (χ4n) is 4.44. The van der Waals surface area contributed by atoms with Crippen LogP contribution in [0.2, 0.25) is 0 Å². The van der Waals surface area contributed by atoms with Crippen LogP contribution in [0.1, 0.15) is 57.6 Å². The van der Waals surface area contributed by atoms with E-state index in [0.29, 0.717) is 22.8 Å². The molecule has 4 aromatic rings. The lowest BCUT2D eigenvalue weighted by Gasteiger charge is -2.21. The van der Waals surface area contributed by atoms with Gasteiger partial charge in [0.2, 0.25) is 5.88 Å². The fraction of sp³-hybridized carbons (Fsp3) is 0.323. The topological polar surface area (TPSA) is 90.7 Å². The third kappa shape index (κ3) is 5.91. The molecule has 4 rings (SSSR count). The predicted molar refractivity (Wildman–Crippen MR) is 149 cm³/mol. The Morgan fingerprint density at radius 2 is 1.49 bits per heavy atom. The second kappa shape index (κ2) is 10.9. The number of alkyl halides is 3. The minimum atomic E-state index is -4.98. The molecule has 1 N–H and O–H groups in total. The van der Waals surface area contributed by atoms with Gasteiger partial charge in [-0.05, 0) is 89.6 Å². The highest BCUT2D eigenvalue weighted by atomic mass is 19.4. The maximum atomic E-state index is 14.8. The summed E-state index contributed by atoms with van der Waals surface area (Å²) in [6, 6.07) is 14.0. The van der Waals surface area contributed by atoms with Crippen LogP contribution in [-0.2, 0) is 11.0 Å². The molecule has 2 aromatic carbocycles. The zero-order chi connectivity index (χ0) is 30.3. The van der Waals surface area contributed by atoms with Crippen molar-refractivity contribution in [2.24, 2.45) is 5.41 Å². The van der Waals surface area contributed by atoms with E-state index in [2.05, 4.69) is 4.98 Å². The van der Waals surface area contributed by atoms with Gasteiger partial charge in [0.1, 0.15) is 16.9 Å². The molecule has 10 heteroatoms. The maximum Gasteiger partial charge on any atom is 0.419 e. The van der Waals surface area contributed by atoms with Gasteiger partial charge in [-0.15, -0.1) is 0 Å². The van der Waals surface area contributed by atoms with E-state index in [0.717, 1.165) is 13.8 Å². The number of carboxylic acids is 1. The van der Waals surface area contributed by atoms with Crippen molar-refractivity contribution in [2.75, 3.05) is 0 Å². The van der Waals surface area contributed by atoms with Gasteiger partial charge in [-0.25, -0.2) is 4.98 Å². The van der Waals surface area contributed by atoms with Gasteiger partial charge < -0.3 is 19.1 Å². The zero-order valence-electron chi connectivity index (χ0n) is 23.5. The largest absolute Gasteiger partial charge is 0.491 e. The van der Waals surface area contributed by atoms with Crippen molar-refractivity contribution >= 4 is 22.7 Å². The second-order valence-electron chi connectivity index (χ2n) is 10.8. The molecule has 0 aliphatic heterocycles. The average Bonchev–Trinajstić information content (AvgIpc) is 3.23. The van der Waals surface area contributed by atoms with E-state index in [1.165, 1.54) is 35.0 Å². The fourth-order valence-corrected chi connectivity index (χ4v) is 4.44. The molecule has 0 aliphatic carbocycles. The summed E-state index contributed by atoms with van der Waals surface area (Å²) in [6.07, 6.45) is -3.71. The van der Waals surface area contributed by atoms with Crippen LogP contribution in [0.15, 0.2) is 60.8 Å². The summed E-state index contributed by atoms with van der Waals surface area (Å²) in [5, 5.41) is 9.50. The van der Waals surface area contributed by atoms with Crippen LogP contribution in [0, 0.1) is 5.41 Å². The highest BCUT2D eigenvalue weighted by molar-refractivity contribution is 6.14. The molecule has 0 unspecified atom stereocenters. The molecule has 41 heavy (non-hydrogen) atoms. The Bertz CT molecular complexity index is 1590. The molecule has 0 fully saturated rings. The average molecular weight is 569 g/mol. The lowest BCUT2D eigenvalue weighted by atomic mass is 9.85. The first kappa shape index (κ1) is 29.6. The molecule has 0 amide bonds. The SMILES string of the molecule is CC(C)Oc1ccc(-n2c(C(=O)C(C)(C)C(=O)O)c(C(F)(F)F)c3cc(-c4ccc(OC(C)C)nc4)ccc32)cc1. The number of carboxylic acid groups (broad SMARTS) is 1. The van der Waals surface area contributed by atoms with Crippen molar-refractivity contribution in [3.8, 4) is 28.4 Å². The summed E-state index contributed by atoms with van der Waals surface area (Å²) < 4.78 is 56.8. The van der Waals surface area contributed by atoms with Crippen LogP contribution in [0.3, 0.4) is 0 Å². The van der Waals surface area contributed by atoms with Gasteiger partial charge in [-0.3, -0.25) is 9.59 Å². The summed E-state index contributed by atoms with van der Waals surface area (Å²) in [5.74, 6) is -1.84. The highest BCUT2D eigenvalue weighted by Crippen LogP contribution is 2.44. The van der Waals surface area contributed by atoms with Crippen LogP contribution in [0.4, 0.5) is 13.2 Å². The molecule has 2 aromatic heterocycles. The van der Waals surface area contributed by atoms with Crippen molar-refractivity contribution in [1.82, 2.24) is 9.55 Å². The van der Waals surface area contributed by atoms with Crippen LogP contribution >= 0.6 is 0 Å². The zero-order valence-corrected chi connectivity index (χ0v) is 23.5. The first-order valence-electron chi connectivity index (χ1n) is 13.0. The third-order valence-electron chi connectivity index (χ3n) is 6.46. The number of ketones is 1. The normalized spacial score (nSPS) is 12.3. The van der Waals surface area contributed by atoms with E-state index in [4.69, 9.17) is 9.47 Å². The van der Waals surface area contributed by atoms with Crippen molar-refractivity contribution in [1.29, 1.82) is 0 Å². The molecule has 7 nitrogen and oxygen atoms in total. The second-order valence-corrected chi connectivity index (χ2v) is 10.8.